The van der Waals surface area contributed by atoms with Gasteiger partial charge in [-0.2, -0.15) is 0 Å². The fourth-order valence-electron chi connectivity index (χ4n) is 3.71. The highest BCUT2D eigenvalue weighted by Gasteiger charge is 2.21. The predicted molar refractivity (Wildman–Crippen MR) is 120 cm³/mol. The predicted octanol–water partition coefficient (Wildman–Crippen LogP) is 2.87. The molecule has 2 aromatic carbocycles. The van der Waals surface area contributed by atoms with Crippen LogP contribution in [0.5, 0.6) is 5.75 Å². The number of nitrogens with zero attached hydrogens (tertiary/aromatic N) is 2. The number of fused-ring (bicyclic) bond motifs is 1. The number of aliphatic imine (C=N–C) groups is 1. The van der Waals surface area contributed by atoms with Crippen molar-refractivity contribution in [3.63, 3.8) is 0 Å². The van der Waals surface area contributed by atoms with Gasteiger partial charge in [-0.05, 0) is 40.5 Å². The summed E-state index contributed by atoms with van der Waals surface area (Å²) in [5.41, 5.74) is 1.21. The van der Waals surface area contributed by atoms with Gasteiger partial charge < -0.3 is 20.1 Å². The molecule has 1 heterocycles. The van der Waals surface area contributed by atoms with Gasteiger partial charge in [0.15, 0.2) is 5.96 Å². The van der Waals surface area contributed by atoms with Crippen LogP contribution in [0.15, 0.2) is 41.4 Å². The molecule has 1 atom stereocenters. The molecule has 1 unspecified atom stereocenters. The van der Waals surface area contributed by atoms with Crippen molar-refractivity contribution in [1.29, 1.82) is 0 Å². The van der Waals surface area contributed by atoms with Crippen LogP contribution in [0, 0.1) is 5.92 Å². The number of nitrogens with one attached hydrogen (secondary N) is 2. The summed E-state index contributed by atoms with van der Waals surface area (Å²) in [6, 6.07) is 12.6. The average Bonchev–Trinajstić information content (AvgIpc) is 2.73. The van der Waals surface area contributed by atoms with E-state index in [4.69, 9.17) is 9.47 Å². The van der Waals surface area contributed by atoms with E-state index in [1.165, 1.54) is 16.3 Å². The first-order chi connectivity index (χ1) is 14.1. The normalized spacial score (nSPS) is 18.2. The van der Waals surface area contributed by atoms with Crippen LogP contribution in [0.4, 0.5) is 0 Å². The Balaban J connectivity index is 1.49. The molecule has 0 radical (unpaired) electrons. The molecule has 1 saturated heterocycles. The van der Waals surface area contributed by atoms with E-state index in [-0.39, 0.29) is 6.10 Å². The molecule has 6 nitrogen and oxygen atoms in total. The fourth-order valence-corrected chi connectivity index (χ4v) is 3.71. The second-order valence-electron chi connectivity index (χ2n) is 8.00. The van der Waals surface area contributed by atoms with Gasteiger partial charge in [0, 0.05) is 39.8 Å². The highest BCUT2D eigenvalue weighted by molar-refractivity contribution is 5.85. The third-order valence-electron chi connectivity index (χ3n) is 5.14. The maximum absolute atomic E-state index is 5.92. The fraction of sp³-hybridized carbons (Fsp3) is 0.522. The SMILES string of the molecule is CN=C(NCc1ccc2cc(OC)ccc2c1)NCC1CN(CC(C)C)CCO1. The van der Waals surface area contributed by atoms with Crippen LogP contribution in [0.2, 0.25) is 0 Å². The zero-order valence-electron chi connectivity index (χ0n) is 18.1. The number of methoxy groups -OCH3 is 1. The molecule has 0 amide bonds. The molecule has 29 heavy (non-hydrogen) atoms. The molecule has 158 valence electrons. The van der Waals surface area contributed by atoms with Gasteiger partial charge in [0.2, 0.25) is 0 Å². The first-order valence-corrected chi connectivity index (χ1v) is 10.4. The third kappa shape index (κ3) is 6.34. The Morgan fingerprint density at radius 3 is 2.76 bits per heavy atom. The zero-order chi connectivity index (χ0) is 20.6. The summed E-state index contributed by atoms with van der Waals surface area (Å²) in [6.07, 6.45) is 0.191. The lowest BCUT2D eigenvalue weighted by Crippen LogP contribution is -2.50. The van der Waals surface area contributed by atoms with Gasteiger partial charge in [-0.3, -0.25) is 9.89 Å². The van der Waals surface area contributed by atoms with Crippen LogP contribution >= 0.6 is 0 Å². The van der Waals surface area contributed by atoms with Gasteiger partial charge in [-0.15, -0.1) is 0 Å². The van der Waals surface area contributed by atoms with E-state index < -0.39 is 0 Å². The van der Waals surface area contributed by atoms with E-state index in [0.717, 1.165) is 44.5 Å². The zero-order valence-corrected chi connectivity index (χ0v) is 18.1. The van der Waals surface area contributed by atoms with Crippen LogP contribution < -0.4 is 15.4 Å². The highest BCUT2D eigenvalue weighted by atomic mass is 16.5. The molecule has 6 heteroatoms. The summed E-state index contributed by atoms with van der Waals surface area (Å²) in [7, 11) is 3.49. The third-order valence-corrected chi connectivity index (χ3v) is 5.14. The summed E-state index contributed by atoms with van der Waals surface area (Å²) >= 11 is 0. The Morgan fingerprint density at radius 2 is 2.00 bits per heavy atom. The summed E-state index contributed by atoms with van der Waals surface area (Å²) in [6.45, 7) is 9.91. The van der Waals surface area contributed by atoms with Crippen molar-refractivity contribution >= 4 is 16.7 Å². The topological polar surface area (TPSA) is 58.1 Å². The quantitative estimate of drug-likeness (QED) is 0.555. The summed E-state index contributed by atoms with van der Waals surface area (Å²) in [5, 5.41) is 9.19. The molecule has 1 aliphatic heterocycles. The van der Waals surface area contributed by atoms with E-state index >= 15 is 0 Å². The Hall–Kier alpha value is -2.31. The Labute approximate surface area is 174 Å². The second-order valence-corrected chi connectivity index (χ2v) is 8.00. The van der Waals surface area contributed by atoms with Crippen LogP contribution in [0.3, 0.4) is 0 Å². The lowest BCUT2D eigenvalue weighted by atomic mass is 10.1. The average molecular weight is 399 g/mol. The second kappa shape index (κ2) is 10.5. The minimum Gasteiger partial charge on any atom is -0.497 e. The number of ether oxygens (including phenoxy) is 2. The smallest absolute Gasteiger partial charge is 0.191 e. The van der Waals surface area contributed by atoms with Crippen molar-refractivity contribution < 1.29 is 9.47 Å². The maximum Gasteiger partial charge on any atom is 0.191 e. The van der Waals surface area contributed by atoms with Gasteiger partial charge >= 0.3 is 0 Å². The molecular weight excluding hydrogens is 364 g/mol. The molecular formula is C23H34N4O2. The number of hydrogen-bond donors (Lipinski definition) is 2. The van der Waals surface area contributed by atoms with E-state index in [1.54, 1.807) is 14.2 Å². The number of hydrogen-bond acceptors (Lipinski definition) is 4. The Kier molecular flexibility index (Phi) is 7.72. The number of benzene rings is 2. The molecule has 0 aromatic heterocycles. The Morgan fingerprint density at radius 1 is 1.21 bits per heavy atom. The maximum atomic E-state index is 5.92. The summed E-state index contributed by atoms with van der Waals surface area (Å²) in [4.78, 5) is 6.84. The van der Waals surface area contributed by atoms with Crippen molar-refractivity contribution in [3.05, 3.63) is 42.0 Å². The molecule has 0 saturated carbocycles. The van der Waals surface area contributed by atoms with E-state index in [0.29, 0.717) is 12.5 Å². The molecule has 0 spiro atoms. The molecule has 1 aliphatic rings. The van der Waals surface area contributed by atoms with Crippen molar-refractivity contribution in [3.8, 4) is 5.75 Å². The van der Waals surface area contributed by atoms with Gasteiger partial charge in [0.05, 0.1) is 19.8 Å². The Bertz CT molecular complexity index is 822. The lowest BCUT2D eigenvalue weighted by Gasteiger charge is -2.34. The van der Waals surface area contributed by atoms with Crippen LogP contribution in [-0.2, 0) is 11.3 Å². The standard InChI is InChI=1S/C23H34N4O2/c1-17(2)15-27-9-10-29-22(16-27)14-26-23(24-3)25-13-18-5-6-20-12-21(28-4)8-7-19(20)11-18/h5-8,11-12,17,22H,9-10,13-16H2,1-4H3,(H2,24,25,26). The van der Waals surface area contributed by atoms with Gasteiger partial charge in [-0.25, -0.2) is 0 Å². The van der Waals surface area contributed by atoms with Gasteiger partial charge in [0.1, 0.15) is 5.75 Å². The highest BCUT2D eigenvalue weighted by Crippen LogP contribution is 2.21. The van der Waals surface area contributed by atoms with Crippen LogP contribution in [0.1, 0.15) is 19.4 Å². The van der Waals surface area contributed by atoms with Gasteiger partial charge in [0.25, 0.3) is 0 Å². The lowest BCUT2D eigenvalue weighted by molar-refractivity contribution is -0.0284. The van der Waals surface area contributed by atoms with Crippen molar-refractivity contribution in [2.24, 2.45) is 10.9 Å². The monoisotopic (exact) mass is 398 g/mol. The number of rotatable bonds is 7. The number of guanidine groups is 1. The summed E-state index contributed by atoms with van der Waals surface area (Å²) in [5.74, 6) is 2.36. The van der Waals surface area contributed by atoms with Crippen molar-refractivity contribution in [2.45, 2.75) is 26.5 Å². The molecule has 2 aromatic rings. The molecule has 1 fully saturated rings. The van der Waals surface area contributed by atoms with Crippen LogP contribution in [-0.4, -0.2) is 63.9 Å². The minimum atomic E-state index is 0.191. The molecule has 0 bridgehead atoms. The summed E-state index contributed by atoms with van der Waals surface area (Å²) < 4.78 is 11.2. The first-order valence-electron chi connectivity index (χ1n) is 10.4. The van der Waals surface area contributed by atoms with E-state index in [2.05, 4.69) is 64.7 Å². The largest absolute Gasteiger partial charge is 0.497 e. The minimum absolute atomic E-state index is 0.191. The van der Waals surface area contributed by atoms with Crippen LogP contribution in [0.25, 0.3) is 10.8 Å². The number of morpholine rings is 1. The van der Waals surface area contributed by atoms with E-state index in [9.17, 15) is 0 Å². The van der Waals surface area contributed by atoms with Crippen molar-refractivity contribution in [2.75, 3.05) is 46.9 Å². The van der Waals surface area contributed by atoms with E-state index in [1.807, 2.05) is 6.07 Å². The molecule has 3 rings (SSSR count). The molecule has 2 N–H and O–H groups in total. The van der Waals surface area contributed by atoms with Crippen molar-refractivity contribution in [1.82, 2.24) is 15.5 Å². The van der Waals surface area contributed by atoms with Gasteiger partial charge in [-0.1, -0.05) is 32.0 Å². The first kappa shape index (κ1) is 21.4. The molecule has 0 aliphatic carbocycles.